The van der Waals surface area contributed by atoms with E-state index in [9.17, 15) is 14.7 Å². The summed E-state index contributed by atoms with van der Waals surface area (Å²) in [6, 6.07) is 3.56. The molecule has 2 aliphatic rings. The van der Waals surface area contributed by atoms with Crippen molar-refractivity contribution in [2.24, 2.45) is 5.92 Å². The van der Waals surface area contributed by atoms with E-state index in [0.717, 1.165) is 24.1 Å². The maximum absolute atomic E-state index is 12.4. The fourth-order valence-electron chi connectivity index (χ4n) is 3.52. The Morgan fingerprint density at radius 3 is 2.95 bits per heavy atom. The minimum Gasteiger partial charge on any atom is -0.481 e. The minimum absolute atomic E-state index is 0.0703. The van der Waals surface area contributed by atoms with Gasteiger partial charge in [-0.15, -0.1) is 0 Å². The predicted octanol–water partition coefficient (Wildman–Crippen LogP) is 1.54. The first-order valence-corrected chi connectivity index (χ1v) is 7.27. The fraction of sp³-hybridized carbons (Fsp3) is 0.533. The standard InChI is InChI=1S/C15H19N3O3/c1-9-3-2-6-16-12(9)8-17-15(21)18-10-4-5-13(18)11(7-10)14(19)20/h2-3,6,10-11,13H,4-5,7-8H2,1H3,(H,17,21)(H,19,20). The highest BCUT2D eigenvalue weighted by atomic mass is 16.4. The number of carboxylic acids is 1. The summed E-state index contributed by atoms with van der Waals surface area (Å²) < 4.78 is 0. The van der Waals surface area contributed by atoms with Gasteiger partial charge in [-0.1, -0.05) is 6.07 Å². The third-order valence-corrected chi connectivity index (χ3v) is 4.61. The van der Waals surface area contributed by atoms with Crippen molar-refractivity contribution in [3.05, 3.63) is 29.6 Å². The number of carbonyl (C=O) groups is 2. The maximum atomic E-state index is 12.4. The molecule has 0 spiro atoms. The van der Waals surface area contributed by atoms with Gasteiger partial charge in [0.05, 0.1) is 18.2 Å². The van der Waals surface area contributed by atoms with Gasteiger partial charge in [0.15, 0.2) is 0 Å². The van der Waals surface area contributed by atoms with Gasteiger partial charge in [0, 0.05) is 18.3 Å². The van der Waals surface area contributed by atoms with E-state index in [0.29, 0.717) is 13.0 Å². The number of aliphatic carboxylic acids is 1. The van der Waals surface area contributed by atoms with E-state index in [1.165, 1.54) is 0 Å². The molecule has 0 aliphatic carbocycles. The van der Waals surface area contributed by atoms with E-state index in [2.05, 4.69) is 10.3 Å². The maximum Gasteiger partial charge on any atom is 0.318 e. The average molecular weight is 289 g/mol. The molecule has 1 aromatic rings. The summed E-state index contributed by atoms with van der Waals surface area (Å²) in [6.07, 6.45) is 3.98. The molecule has 6 heteroatoms. The Hall–Kier alpha value is -2.11. The summed E-state index contributed by atoms with van der Waals surface area (Å²) in [5.41, 5.74) is 1.87. The van der Waals surface area contributed by atoms with E-state index in [-0.39, 0.29) is 18.1 Å². The summed E-state index contributed by atoms with van der Waals surface area (Å²) in [5, 5.41) is 12.1. The zero-order valence-corrected chi connectivity index (χ0v) is 12.0. The third-order valence-electron chi connectivity index (χ3n) is 4.61. The van der Waals surface area contributed by atoms with Crippen molar-refractivity contribution in [3.8, 4) is 0 Å². The number of rotatable bonds is 3. The van der Waals surface area contributed by atoms with Crippen LogP contribution in [0.15, 0.2) is 18.3 Å². The van der Waals surface area contributed by atoms with Gasteiger partial charge in [-0.2, -0.15) is 0 Å². The van der Waals surface area contributed by atoms with Crippen LogP contribution in [-0.4, -0.2) is 39.1 Å². The number of pyridine rings is 1. The summed E-state index contributed by atoms with van der Waals surface area (Å²) in [4.78, 5) is 29.5. The number of urea groups is 1. The van der Waals surface area contributed by atoms with Gasteiger partial charge in [-0.05, 0) is 37.8 Å². The van der Waals surface area contributed by atoms with Gasteiger partial charge in [0.2, 0.25) is 0 Å². The topological polar surface area (TPSA) is 82.5 Å². The monoisotopic (exact) mass is 289 g/mol. The number of nitrogens with zero attached hydrogens (tertiary/aromatic N) is 2. The van der Waals surface area contributed by atoms with E-state index >= 15 is 0 Å². The Morgan fingerprint density at radius 2 is 2.29 bits per heavy atom. The highest BCUT2D eigenvalue weighted by Crippen LogP contribution is 2.41. The van der Waals surface area contributed by atoms with Gasteiger partial charge < -0.3 is 15.3 Å². The largest absolute Gasteiger partial charge is 0.481 e. The molecule has 2 aliphatic heterocycles. The first-order valence-electron chi connectivity index (χ1n) is 7.27. The Balaban J connectivity index is 1.64. The number of nitrogens with one attached hydrogen (secondary N) is 1. The van der Waals surface area contributed by atoms with Crippen LogP contribution in [0.4, 0.5) is 4.79 Å². The number of aromatic nitrogens is 1. The third kappa shape index (κ3) is 2.46. The molecule has 0 radical (unpaired) electrons. The van der Waals surface area contributed by atoms with Crippen molar-refractivity contribution in [1.29, 1.82) is 0 Å². The Kier molecular flexibility index (Phi) is 3.53. The minimum atomic E-state index is -0.791. The number of fused-ring (bicyclic) bond motifs is 2. The molecule has 2 saturated heterocycles. The quantitative estimate of drug-likeness (QED) is 0.884. The van der Waals surface area contributed by atoms with Crippen LogP contribution < -0.4 is 5.32 Å². The second kappa shape index (κ2) is 5.35. The zero-order chi connectivity index (χ0) is 15.0. The molecule has 2 fully saturated rings. The van der Waals surface area contributed by atoms with Crippen LogP contribution in [0.3, 0.4) is 0 Å². The molecular weight excluding hydrogens is 270 g/mol. The zero-order valence-electron chi connectivity index (χ0n) is 12.0. The van der Waals surface area contributed by atoms with E-state index < -0.39 is 11.9 Å². The molecule has 21 heavy (non-hydrogen) atoms. The second-order valence-corrected chi connectivity index (χ2v) is 5.81. The molecule has 0 saturated carbocycles. The van der Waals surface area contributed by atoms with E-state index in [1.807, 2.05) is 19.1 Å². The number of carbonyl (C=O) groups excluding carboxylic acids is 1. The fourth-order valence-corrected chi connectivity index (χ4v) is 3.52. The first-order chi connectivity index (χ1) is 10.1. The lowest BCUT2D eigenvalue weighted by Crippen LogP contribution is -2.44. The number of amides is 2. The number of carboxylic acid groups (broad SMARTS) is 1. The highest BCUT2D eigenvalue weighted by Gasteiger charge is 2.51. The van der Waals surface area contributed by atoms with Crippen LogP contribution in [0.1, 0.15) is 30.5 Å². The van der Waals surface area contributed by atoms with Crippen molar-refractivity contribution in [1.82, 2.24) is 15.2 Å². The molecular formula is C15H19N3O3. The van der Waals surface area contributed by atoms with Crippen LogP contribution in [-0.2, 0) is 11.3 Å². The van der Waals surface area contributed by atoms with Crippen molar-refractivity contribution >= 4 is 12.0 Å². The van der Waals surface area contributed by atoms with Crippen LogP contribution in [0.2, 0.25) is 0 Å². The van der Waals surface area contributed by atoms with Gasteiger partial charge in [-0.3, -0.25) is 9.78 Å². The van der Waals surface area contributed by atoms with Crippen molar-refractivity contribution in [3.63, 3.8) is 0 Å². The molecule has 2 bridgehead atoms. The van der Waals surface area contributed by atoms with Gasteiger partial charge >= 0.3 is 12.0 Å². The van der Waals surface area contributed by atoms with Crippen LogP contribution >= 0.6 is 0 Å². The molecule has 3 atom stereocenters. The molecule has 3 rings (SSSR count). The normalized spacial score (nSPS) is 26.9. The Bertz CT molecular complexity index is 575. The summed E-state index contributed by atoms with van der Waals surface area (Å²) in [6.45, 7) is 2.33. The Morgan fingerprint density at radius 1 is 1.48 bits per heavy atom. The van der Waals surface area contributed by atoms with Crippen molar-refractivity contribution < 1.29 is 14.7 Å². The first kappa shape index (κ1) is 13.9. The molecule has 0 aromatic carbocycles. The Labute approximate surface area is 123 Å². The van der Waals surface area contributed by atoms with E-state index in [1.54, 1.807) is 11.1 Å². The molecule has 112 valence electrons. The SMILES string of the molecule is Cc1cccnc1CNC(=O)N1C2CCC1C(C(=O)O)C2. The number of aryl methyl sites for hydroxylation is 1. The molecule has 6 nitrogen and oxygen atoms in total. The van der Waals surface area contributed by atoms with Crippen LogP contribution in [0, 0.1) is 12.8 Å². The van der Waals surface area contributed by atoms with Crippen molar-refractivity contribution in [2.75, 3.05) is 0 Å². The summed E-state index contributed by atoms with van der Waals surface area (Å²) in [7, 11) is 0. The van der Waals surface area contributed by atoms with Gasteiger partial charge in [0.25, 0.3) is 0 Å². The van der Waals surface area contributed by atoms with Crippen LogP contribution in [0.5, 0.6) is 0 Å². The van der Waals surface area contributed by atoms with E-state index in [4.69, 9.17) is 0 Å². The smallest absolute Gasteiger partial charge is 0.318 e. The molecule has 3 heterocycles. The number of hydrogen-bond acceptors (Lipinski definition) is 3. The lowest BCUT2D eigenvalue weighted by Gasteiger charge is -2.23. The predicted molar refractivity (Wildman–Crippen MR) is 75.6 cm³/mol. The van der Waals surface area contributed by atoms with Crippen molar-refractivity contribution in [2.45, 2.75) is 44.8 Å². The molecule has 2 N–H and O–H groups in total. The summed E-state index contributed by atoms with van der Waals surface area (Å²) >= 11 is 0. The summed E-state index contributed by atoms with van der Waals surface area (Å²) in [5.74, 6) is -1.20. The number of hydrogen-bond donors (Lipinski definition) is 2. The molecule has 3 unspecified atom stereocenters. The second-order valence-electron chi connectivity index (χ2n) is 5.81. The van der Waals surface area contributed by atoms with Gasteiger partial charge in [-0.25, -0.2) is 4.79 Å². The van der Waals surface area contributed by atoms with Gasteiger partial charge in [0.1, 0.15) is 0 Å². The van der Waals surface area contributed by atoms with Crippen LogP contribution in [0.25, 0.3) is 0 Å². The lowest BCUT2D eigenvalue weighted by atomic mass is 9.89. The highest BCUT2D eigenvalue weighted by molar-refractivity contribution is 5.79. The molecule has 1 aromatic heterocycles. The average Bonchev–Trinajstić information content (AvgIpc) is 3.04. The molecule has 2 amide bonds. The lowest BCUT2D eigenvalue weighted by molar-refractivity contribution is -0.142.